The summed E-state index contributed by atoms with van der Waals surface area (Å²) in [5, 5.41) is 1.17. The Morgan fingerprint density at radius 1 is 0.950 bits per heavy atom. The molecule has 20 heavy (non-hydrogen) atoms. The van der Waals surface area contributed by atoms with E-state index in [9.17, 15) is 0 Å². The van der Waals surface area contributed by atoms with Gasteiger partial charge in [-0.25, -0.2) is 0 Å². The molecule has 0 atom stereocenters. The van der Waals surface area contributed by atoms with Crippen molar-refractivity contribution in [2.45, 2.75) is 20.3 Å². The van der Waals surface area contributed by atoms with Crippen molar-refractivity contribution < 1.29 is 4.42 Å². The van der Waals surface area contributed by atoms with Crippen LogP contribution in [0.15, 0.2) is 46.9 Å². The molecule has 0 aliphatic heterocycles. The number of aryl methyl sites for hydroxylation is 2. The summed E-state index contributed by atoms with van der Waals surface area (Å²) in [5.41, 5.74) is 7.78. The molecule has 3 aromatic rings. The summed E-state index contributed by atoms with van der Waals surface area (Å²) in [5.74, 6) is 1.00. The van der Waals surface area contributed by atoms with Crippen molar-refractivity contribution in [3.05, 3.63) is 70.5 Å². The fraction of sp³-hybridized carbons (Fsp3) is 0.158. The van der Waals surface area contributed by atoms with Crippen molar-refractivity contribution in [3.63, 3.8) is 0 Å². The summed E-state index contributed by atoms with van der Waals surface area (Å²) in [7, 11) is 0. The van der Waals surface area contributed by atoms with E-state index in [1.807, 2.05) is 18.2 Å². The second-order valence-corrected chi connectivity index (χ2v) is 5.59. The molecular weight excluding hydrogens is 244 g/mol. The smallest absolute Gasteiger partial charge is 0.134 e. The van der Waals surface area contributed by atoms with Crippen molar-refractivity contribution in [3.8, 4) is 0 Å². The van der Waals surface area contributed by atoms with Gasteiger partial charge in [-0.15, -0.1) is 0 Å². The lowest BCUT2D eigenvalue weighted by Gasteiger charge is -2.06. The Bertz CT molecular complexity index is 816. The van der Waals surface area contributed by atoms with Gasteiger partial charge in [-0.1, -0.05) is 30.3 Å². The lowest BCUT2D eigenvalue weighted by molar-refractivity contribution is 0.598. The third-order valence-corrected chi connectivity index (χ3v) is 4.24. The number of hydrogen-bond acceptors (Lipinski definition) is 1. The third kappa shape index (κ3) is 1.63. The van der Waals surface area contributed by atoms with Gasteiger partial charge in [0.2, 0.25) is 0 Å². The quantitative estimate of drug-likeness (QED) is 0.590. The van der Waals surface area contributed by atoms with E-state index in [1.54, 1.807) is 0 Å². The van der Waals surface area contributed by atoms with Gasteiger partial charge in [-0.3, -0.25) is 0 Å². The summed E-state index contributed by atoms with van der Waals surface area (Å²) < 4.78 is 5.99. The first kappa shape index (κ1) is 11.5. The minimum absolute atomic E-state index is 0.966. The molecule has 1 aliphatic carbocycles. The molecule has 0 saturated heterocycles. The summed E-state index contributed by atoms with van der Waals surface area (Å²) in [6.07, 6.45) is 3.26. The highest BCUT2D eigenvalue weighted by molar-refractivity contribution is 5.92. The Kier molecular flexibility index (Phi) is 2.37. The van der Waals surface area contributed by atoms with Crippen LogP contribution in [0.5, 0.6) is 0 Å². The van der Waals surface area contributed by atoms with Gasteiger partial charge in [0.15, 0.2) is 0 Å². The van der Waals surface area contributed by atoms with Crippen molar-refractivity contribution >= 4 is 22.6 Å². The molecule has 0 spiro atoms. The van der Waals surface area contributed by atoms with Crippen molar-refractivity contribution in [2.24, 2.45) is 0 Å². The van der Waals surface area contributed by atoms with Gasteiger partial charge < -0.3 is 4.42 Å². The second kappa shape index (κ2) is 4.11. The highest BCUT2D eigenvalue weighted by Gasteiger charge is 2.19. The van der Waals surface area contributed by atoms with E-state index < -0.39 is 0 Å². The van der Waals surface area contributed by atoms with Gasteiger partial charge in [-0.2, -0.15) is 0 Å². The zero-order valence-electron chi connectivity index (χ0n) is 11.7. The van der Waals surface area contributed by atoms with Gasteiger partial charge in [-0.05, 0) is 59.9 Å². The molecule has 0 N–H and O–H groups in total. The number of hydrogen-bond donors (Lipinski definition) is 0. The molecule has 1 aliphatic rings. The van der Waals surface area contributed by atoms with Crippen LogP contribution in [0.1, 0.15) is 28.0 Å². The fourth-order valence-corrected chi connectivity index (χ4v) is 3.04. The number of benzene rings is 2. The van der Waals surface area contributed by atoms with Crippen LogP contribution in [-0.2, 0) is 6.42 Å². The molecule has 0 amide bonds. The van der Waals surface area contributed by atoms with Crippen molar-refractivity contribution in [1.29, 1.82) is 0 Å². The normalized spacial score (nSPS) is 13.6. The van der Waals surface area contributed by atoms with E-state index in [0.717, 1.165) is 17.8 Å². The van der Waals surface area contributed by atoms with Crippen LogP contribution in [-0.4, -0.2) is 0 Å². The molecule has 0 unspecified atom stereocenters. The van der Waals surface area contributed by atoms with Crippen molar-refractivity contribution in [1.82, 2.24) is 0 Å². The van der Waals surface area contributed by atoms with Crippen LogP contribution in [0.4, 0.5) is 0 Å². The number of rotatable bonds is 1. The molecule has 1 nitrogen and oxygen atoms in total. The predicted molar refractivity (Wildman–Crippen MR) is 83.7 cm³/mol. The van der Waals surface area contributed by atoms with Gasteiger partial charge in [0.05, 0.1) is 0 Å². The molecule has 2 aromatic carbocycles. The molecule has 1 aromatic heterocycles. The third-order valence-electron chi connectivity index (χ3n) is 4.24. The van der Waals surface area contributed by atoms with E-state index in [4.69, 9.17) is 4.42 Å². The summed E-state index contributed by atoms with van der Waals surface area (Å²) in [4.78, 5) is 0. The largest absolute Gasteiger partial charge is 0.456 e. The average Bonchev–Trinajstić information content (AvgIpc) is 3.06. The highest BCUT2D eigenvalue weighted by Crippen LogP contribution is 2.37. The first-order valence-electron chi connectivity index (χ1n) is 7.01. The van der Waals surface area contributed by atoms with Crippen LogP contribution in [0.3, 0.4) is 0 Å². The summed E-state index contributed by atoms with van der Waals surface area (Å²) in [6, 6.07) is 14.8. The van der Waals surface area contributed by atoms with Crippen LogP contribution in [0.25, 0.3) is 22.6 Å². The number of allylic oxidation sites excluding steroid dienone is 1. The van der Waals surface area contributed by atoms with Gasteiger partial charge in [0.1, 0.15) is 11.3 Å². The fourth-order valence-electron chi connectivity index (χ4n) is 3.04. The lowest BCUT2D eigenvalue weighted by Crippen LogP contribution is -1.90. The van der Waals surface area contributed by atoms with E-state index in [-0.39, 0.29) is 0 Å². The van der Waals surface area contributed by atoms with Gasteiger partial charge in [0.25, 0.3) is 0 Å². The first-order valence-corrected chi connectivity index (χ1v) is 7.01. The Morgan fingerprint density at radius 3 is 2.55 bits per heavy atom. The molecule has 0 fully saturated rings. The Balaban J connectivity index is 1.84. The average molecular weight is 260 g/mol. The second-order valence-electron chi connectivity index (χ2n) is 5.59. The molecule has 98 valence electrons. The maximum absolute atomic E-state index is 5.99. The first-order chi connectivity index (χ1) is 9.72. The maximum Gasteiger partial charge on any atom is 0.134 e. The predicted octanol–water partition coefficient (Wildman–Crippen LogP) is 5.15. The maximum atomic E-state index is 5.99. The van der Waals surface area contributed by atoms with Gasteiger partial charge >= 0.3 is 0 Å². The topological polar surface area (TPSA) is 13.1 Å². The molecular formula is C19H16O. The Hall–Kier alpha value is -2.28. The SMILES string of the molecule is Cc1ccc(C)c2c1C=C(c1cc3ccccc3o1)C2. The lowest BCUT2D eigenvalue weighted by atomic mass is 9.99. The van der Waals surface area contributed by atoms with Gasteiger partial charge in [0, 0.05) is 11.8 Å². The van der Waals surface area contributed by atoms with E-state index in [0.29, 0.717) is 0 Å². The van der Waals surface area contributed by atoms with Crippen molar-refractivity contribution in [2.75, 3.05) is 0 Å². The Morgan fingerprint density at radius 2 is 1.75 bits per heavy atom. The zero-order chi connectivity index (χ0) is 13.7. The molecule has 0 bridgehead atoms. The van der Waals surface area contributed by atoms with Crippen LogP contribution in [0.2, 0.25) is 0 Å². The molecule has 1 heteroatoms. The Labute approximate surface area is 118 Å². The van der Waals surface area contributed by atoms with E-state index in [1.165, 1.54) is 33.2 Å². The molecule has 0 saturated carbocycles. The highest BCUT2D eigenvalue weighted by atomic mass is 16.3. The molecule has 0 radical (unpaired) electrons. The summed E-state index contributed by atoms with van der Waals surface area (Å²) >= 11 is 0. The minimum atomic E-state index is 0.966. The number of furan rings is 1. The molecule has 1 heterocycles. The standard InChI is InChI=1S/C19H16O/c1-12-7-8-13(2)17-10-15(9-16(12)17)19-11-14-5-3-4-6-18(14)20-19/h3-9,11H,10H2,1-2H3. The monoisotopic (exact) mass is 260 g/mol. The number of fused-ring (bicyclic) bond motifs is 2. The summed E-state index contributed by atoms with van der Waals surface area (Å²) in [6.45, 7) is 4.37. The van der Waals surface area contributed by atoms with E-state index >= 15 is 0 Å². The van der Waals surface area contributed by atoms with E-state index in [2.05, 4.69) is 44.2 Å². The van der Waals surface area contributed by atoms with Crippen LogP contribution < -0.4 is 0 Å². The van der Waals surface area contributed by atoms with Crippen LogP contribution >= 0.6 is 0 Å². The molecule has 4 rings (SSSR count). The number of para-hydroxylation sites is 1. The minimum Gasteiger partial charge on any atom is -0.456 e. The van der Waals surface area contributed by atoms with Crippen LogP contribution in [0, 0.1) is 13.8 Å². The zero-order valence-corrected chi connectivity index (χ0v) is 11.7.